The van der Waals surface area contributed by atoms with Gasteiger partial charge in [-0.25, -0.2) is 0 Å². The molecule has 6 heteroatoms. The molecule has 2 aromatic carbocycles. The highest BCUT2D eigenvalue weighted by molar-refractivity contribution is 7.66. The molecule has 1 unspecified atom stereocenters. The van der Waals surface area contributed by atoms with Crippen molar-refractivity contribution in [2.45, 2.75) is 13.8 Å². The molecule has 1 atom stereocenters. The van der Waals surface area contributed by atoms with Crippen molar-refractivity contribution in [2.24, 2.45) is 0 Å². The van der Waals surface area contributed by atoms with Gasteiger partial charge in [-0.3, -0.25) is 4.79 Å². The predicted molar refractivity (Wildman–Crippen MR) is 97.5 cm³/mol. The molecule has 0 aliphatic carbocycles. The van der Waals surface area contributed by atoms with Crippen LogP contribution in [0.3, 0.4) is 0 Å². The molecule has 0 aliphatic heterocycles. The van der Waals surface area contributed by atoms with Crippen LogP contribution in [0.5, 0.6) is 11.5 Å². The summed E-state index contributed by atoms with van der Waals surface area (Å²) >= 11 is 12.2. The third-order valence-electron chi connectivity index (χ3n) is 3.00. The molecular weight excluding hydrogens is 354 g/mol. The molecule has 0 aliphatic rings. The molecule has 0 aromatic heterocycles. The Morgan fingerprint density at radius 1 is 1.04 bits per heavy atom. The standard InChI is InChI=1S/C17H17Cl2O3P/c1-3-21-11-8-9-15(14(10-11)22-4-2)23-17(20)16-12(18)6-5-7-13(16)19/h5-10,23H,3-4H2,1-2H3. The van der Waals surface area contributed by atoms with Crippen LogP contribution in [0.15, 0.2) is 36.4 Å². The van der Waals surface area contributed by atoms with Gasteiger partial charge >= 0.3 is 0 Å². The van der Waals surface area contributed by atoms with Gasteiger partial charge in [-0.1, -0.05) is 29.3 Å². The second-order valence-electron chi connectivity index (χ2n) is 4.57. The summed E-state index contributed by atoms with van der Waals surface area (Å²) in [4.78, 5) is 12.6. The summed E-state index contributed by atoms with van der Waals surface area (Å²) in [6, 6.07) is 10.5. The average Bonchev–Trinajstić information content (AvgIpc) is 2.50. The number of ether oxygens (including phenoxy) is 2. The van der Waals surface area contributed by atoms with Gasteiger partial charge in [0.25, 0.3) is 0 Å². The van der Waals surface area contributed by atoms with Crippen molar-refractivity contribution in [3.8, 4) is 11.5 Å². The van der Waals surface area contributed by atoms with Crippen molar-refractivity contribution in [3.63, 3.8) is 0 Å². The summed E-state index contributed by atoms with van der Waals surface area (Å²) in [5, 5.41) is 1.52. The van der Waals surface area contributed by atoms with E-state index in [1.165, 1.54) is 0 Å². The first-order chi connectivity index (χ1) is 11.1. The number of benzene rings is 2. The molecule has 0 amide bonds. The van der Waals surface area contributed by atoms with Gasteiger partial charge < -0.3 is 9.47 Å². The summed E-state index contributed by atoms with van der Waals surface area (Å²) in [5.41, 5.74) is 0.233. The highest BCUT2D eigenvalue weighted by Crippen LogP contribution is 2.33. The van der Waals surface area contributed by atoms with Crippen molar-refractivity contribution in [1.29, 1.82) is 0 Å². The van der Waals surface area contributed by atoms with E-state index in [4.69, 9.17) is 32.7 Å². The van der Waals surface area contributed by atoms with E-state index in [1.54, 1.807) is 24.3 Å². The SMILES string of the molecule is CCOc1ccc(PC(=O)c2c(Cl)cccc2Cl)c(OCC)c1. The number of halogens is 2. The molecule has 2 aromatic rings. The van der Waals surface area contributed by atoms with Gasteiger partial charge in [0.15, 0.2) is 5.52 Å². The van der Waals surface area contributed by atoms with Gasteiger partial charge in [0, 0.05) is 11.4 Å². The Hall–Kier alpha value is -1.28. The largest absolute Gasteiger partial charge is 0.494 e. The van der Waals surface area contributed by atoms with E-state index in [1.807, 2.05) is 26.0 Å². The van der Waals surface area contributed by atoms with E-state index in [2.05, 4.69) is 0 Å². The van der Waals surface area contributed by atoms with Crippen LogP contribution in [0.1, 0.15) is 24.2 Å². The first-order valence-electron chi connectivity index (χ1n) is 7.21. The van der Waals surface area contributed by atoms with Crippen molar-refractivity contribution in [1.82, 2.24) is 0 Å². The fourth-order valence-corrected chi connectivity index (χ4v) is 3.84. The fourth-order valence-electron chi connectivity index (χ4n) is 2.04. The summed E-state index contributed by atoms with van der Waals surface area (Å²) in [5.74, 6) is 1.36. The maximum atomic E-state index is 12.6. The van der Waals surface area contributed by atoms with Crippen LogP contribution in [0.4, 0.5) is 0 Å². The Balaban J connectivity index is 2.30. The van der Waals surface area contributed by atoms with Crippen LogP contribution in [-0.2, 0) is 0 Å². The summed E-state index contributed by atoms with van der Waals surface area (Å²) in [7, 11) is -0.133. The molecule has 0 fully saturated rings. The van der Waals surface area contributed by atoms with Crippen LogP contribution in [-0.4, -0.2) is 18.7 Å². The van der Waals surface area contributed by atoms with Gasteiger partial charge in [0.1, 0.15) is 11.5 Å². The van der Waals surface area contributed by atoms with Crippen molar-refractivity contribution >= 4 is 42.6 Å². The molecule has 3 nitrogen and oxygen atoms in total. The zero-order chi connectivity index (χ0) is 16.8. The minimum atomic E-state index is -0.133. The van der Waals surface area contributed by atoms with Crippen LogP contribution in [0.2, 0.25) is 10.0 Å². The van der Waals surface area contributed by atoms with Gasteiger partial charge in [-0.05, 0) is 46.7 Å². The molecule has 0 spiro atoms. The molecule has 23 heavy (non-hydrogen) atoms. The van der Waals surface area contributed by atoms with E-state index < -0.39 is 0 Å². The van der Waals surface area contributed by atoms with Crippen LogP contribution in [0, 0.1) is 0 Å². The topological polar surface area (TPSA) is 35.5 Å². The first-order valence-corrected chi connectivity index (χ1v) is 8.97. The lowest BCUT2D eigenvalue weighted by Crippen LogP contribution is -2.08. The van der Waals surface area contributed by atoms with Gasteiger partial charge in [-0.2, -0.15) is 0 Å². The normalized spacial score (nSPS) is 11.0. The van der Waals surface area contributed by atoms with Crippen molar-refractivity contribution in [2.75, 3.05) is 13.2 Å². The molecule has 0 radical (unpaired) electrons. The molecular formula is C17H17Cl2O3P. The lowest BCUT2D eigenvalue weighted by molar-refractivity contribution is 0.108. The van der Waals surface area contributed by atoms with Crippen LogP contribution < -0.4 is 14.8 Å². The van der Waals surface area contributed by atoms with E-state index in [9.17, 15) is 4.79 Å². The second kappa shape index (κ2) is 8.54. The van der Waals surface area contributed by atoms with E-state index in [-0.39, 0.29) is 14.1 Å². The van der Waals surface area contributed by atoms with Crippen molar-refractivity contribution in [3.05, 3.63) is 52.0 Å². The zero-order valence-electron chi connectivity index (χ0n) is 12.9. The number of carbonyl (C=O) groups is 1. The maximum absolute atomic E-state index is 12.6. The summed E-state index contributed by atoms with van der Waals surface area (Å²) < 4.78 is 11.1. The van der Waals surface area contributed by atoms with E-state index >= 15 is 0 Å². The number of carbonyl (C=O) groups excluding carboxylic acids is 1. The number of hydrogen-bond acceptors (Lipinski definition) is 3. The van der Waals surface area contributed by atoms with E-state index in [0.29, 0.717) is 40.3 Å². The van der Waals surface area contributed by atoms with Gasteiger partial charge in [0.2, 0.25) is 0 Å². The molecule has 0 bridgehead atoms. The maximum Gasteiger partial charge on any atom is 0.188 e. The molecule has 122 valence electrons. The molecule has 0 saturated heterocycles. The molecule has 0 heterocycles. The molecule has 2 rings (SSSR count). The first kappa shape index (κ1) is 18.1. The Bertz CT molecular complexity index is 684. The van der Waals surface area contributed by atoms with Gasteiger partial charge in [-0.15, -0.1) is 0 Å². The lowest BCUT2D eigenvalue weighted by Gasteiger charge is -2.13. The van der Waals surface area contributed by atoms with Crippen LogP contribution >= 0.6 is 31.8 Å². The average molecular weight is 371 g/mol. The summed E-state index contributed by atoms with van der Waals surface area (Å²) in [6.07, 6.45) is 0. The smallest absolute Gasteiger partial charge is 0.188 e. The lowest BCUT2D eigenvalue weighted by atomic mass is 10.2. The third kappa shape index (κ3) is 4.60. The number of rotatable bonds is 7. The molecule has 0 N–H and O–H groups in total. The Labute approximate surface area is 147 Å². The number of hydrogen-bond donors (Lipinski definition) is 0. The third-order valence-corrected chi connectivity index (χ3v) is 4.79. The highest BCUT2D eigenvalue weighted by atomic mass is 35.5. The van der Waals surface area contributed by atoms with Gasteiger partial charge in [0.05, 0.1) is 28.8 Å². The quantitative estimate of drug-likeness (QED) is 0.647. The predicted octanol–water partition coefficient (Wildman–Crippen LogP) is 4.94. The van der Waals surface area contributed by atoms with Crippen molar-refractivity contribution < 1.29 is 14.3 Å². The Morgan fingerprint density at radius 2 is 1.70 bits per heavy atom. The minimum absolute atomic E-state index is 0.120. The molecule has 0 saturated carbocycles. The highest BCUT2D eigenvalue weighted by Gasteiger charge is 2.17. The monoisotopic (exact) mass is 370 g/mol. The Kier molecular flexibility index (Phi) is 6.71. The second-order valence-corrected chi connectivity index (χ2v) is 6.63. The zero-order valence-corrected chi connectivity index (χ0v) is 15.4. The van der Waals surface area contributed by atoms with Crippen LogP contribution in [0.25, 0.3) is 0 Å². The Morgan fingerprint density at radius 3 is 2.30 bits per heavy atom. The fraction of sp³-hybridized carbons (Fsp3) is 0.235. The van der Waals surface area contributed by atoms with E-state index in [0.717, 1.165) is 5.30 Å². The summed E-state index contributed by atoms with van der Waals surface area (Å²) in [6.45, 7) is 4.89. The minimum Gasteiger partial charge on any atom is -0.494 e.